The van der Waals surface area contributed by atoms with E-state index in [4.69, 9.17) is 17.3 Å². The van der Waals surface area contributed by atoms with Crippen molar-refractivity contribution in [2.75, 3.05) is 19.8 Å². The van der Waals surface area contributed by atoms with Crippen LogP contribution in [0.15, 0.2) is 16.2 Å². The summed E-state index contributed by atoms with van der Waals surface area (Å²) in [6.45, 7) is 5.92. The van der Waals surface area contributed by atoms with Gasteiger partial charge in [-0.3, -0.25) is 0 Å². The van der Waals surface area contributed by atoms with E-state index in [-0.39, 0.29) is 22.5 Å². The van der Waals surface area contributed by atoms with Gasteiger partial charge in [-0.2, -0.15) is 4.68 Å². The maximum Gasteiger partial charge on any atom is 0.346 e. The number of nitrogens with two attached hydrogens (primary N) is 1. The Morgan fingerprint density at radius 3 is 2.48 bits per heavy atom. The molecule has 1 amide bonds. The van der Waals surface area contributed by atoms with E-state index >= 15 is 0 Å². The van der Waals surface area contributed by atoms with Crippen molar-refractivity contribution in [1.82, 2.24) is 29.6 Å². The summed E-state index contributed by atoms with van der Waals surface area (Å²) in [5, 5.41) is 5.43. The molecule has 10 heteroatoms. The Morgan fingerprint density at radius 1 is 1.30 bits per heavy atom. The van der Waals surface area contributed by atoms with E-state index in [1.165, 1.54) is 9.58 Å². The lowest BCUT2D eigenvalue weighted by Crippen LogP contribution is -2.29. The van der Waals surface area contributed by atoms with E-state index in [2.05, 4.69) is 20.1 Å². The van der Waals surface area contributed by atoms with Gasteiger partial charge in [0.15, 0.2) is 5.82 Å². The molecule has 2 heterocycles. The van der Waals surface area contributed by atoms with E-state index in [9.17, 15) is 4.79 Å². The highest BCUT2D eigenvalue weighted by atomic mass is 35.5. The first-order valence-corrected chi connectivity index (χ1v) is 7.94. The van der Waals surface area contributed by atoms with Crippen molar-refractivity contribution in [3.05, 3.63) is 17.0 Å². The van der Waals surface area contributed by atoms with Crippen LogP contribution in [0.3, 0.4) is 0 Å². The van der Waals surface area contributed by atoms with Gasteiger partial charge in [0.25, 0.3) is 0 Å². The Labute approximate surface area is 143 Å². The number of hydrogen-bond acceptors (Lipinski definition) is 7. The SMILES string of the molecule is CN(C)C(=O)n1nc(C(C)(C)C)nc1Sc1cc(Cl)nc(N)n1. The van der Waals surface area contributed by atoms with E-state index in [0.29, 0.717) is 16.0 Å². The van der Waals surface area contributed by atoms with Crippen LogP contribution in [0, 0.1) is 0 Å². The Balaban J connectivity index is 2.47. The molecule has 0 aromatic carbocycles. The number of anilines is 1. The highest BCUT2D eigenvalue weighted by Gasteiger charge is 2.26. The molecule has 0 atom stereocenters. The van der Waals surface area contributed by atoms with Crippen molar-refractivity contribution < 1.29 is 4.79 Å². The van der Waals surface area contributed by atoms with Crippen molar-refractivity contribution in [2.45, 2.75) is 36.4 Å². The molecule has 0 saturated carbocycles. The average molecular weight is 356 g/mol. The summed E-state index contributed by atoms with van der Waals surface area (Å²) < 4.78 is 1.25. The van der Waals surface area contributed by atoms with Crippen LogP contribution in [0.5, 0.6) is 0 Å². The predicted molar refractivity (Wildman–Crippen MR) is 88.8 cm³/mol. The number of carbonyl (C=O) groups excluding carboxylic acids is 1. The summed E-state index contributed by atoms with van der Waals surface area (Å²) in [6.07, 6.45) is 0. The number of hydrogen-bond donors (Lipinski definition) is 1. The second kappa shape index (κ2) is 6.32. The normalized spacial score (nSPS) is 11.6. The second-order valence-corrected chi connectivity index (χ2v) is 7.42. The van der Waals surface area contributed by atoms with Crippen molar-refractivity contribution in [1.29, 1.82) is 0 Å². The maximum absolute atomic E-state index is 12.3. The quantitative estimate of drug-likeness (QED) is 0.824. The first-order valence-electron chi connectivity index (χ1n) is 6.75. The molecule has 2 aromatic heterocycles. The van der Waals surface area contributed by atoms with E-state index in [1.54, 1.807) is 20.2 Å². The lowest BCUT2D eigenvalue weighted by Gasteiger charge is -2.13. The van der Waals surface area contributed by atoms with Crippen LogP contribution in [0.2, 0.25) is 5.15 Å². The zero-order chi connectivity index (χ0) is 17.4. The molecule has 2 aromatic rings. The fraction of sp³-hybridized carbons (Fsp3) is 0.462. The molecule has 0 unspecified atom stereocenters. The smallest absolute Gasteiger partial charge is 0.346 e. The maximum atomic E-state index is 12.3. The zero-order valence-corrected chi connectivity index (χ0v) is 15.1. The molecule has 8 nitrogen and oxygen atoms in total. The number of aromatic nitrogens is 5. The molecule has 0 aliphatic heterocycles. The number of amides is 1. The van der Waals surface area contributed by atoms with Crippen molar-refractivity contribution >= 4 is 35.3 Å². The van der Waals surface area contributed by atoms with E-state index in [1.807, 2.05) is 20.8 Å². The Morgan fingerprint density at radius 2 is 1.96 bits per heavy atom. The summed E-state index contributed by atoms with van der Waals surface area (Å²) in [5.41, 5.74) is 5.30. The lowest BCUT2D eigenvalue weighted by atomic mass is 9.96. The van der Waals surface area contributed by atoms with Gasteiger partial charge in [0.2, 0.25) is 11.1 Å². The van der Waals surface area contributed by atoms with Crippen LogP contribution in [0.1, 0.15) is 26.6 Å². The Kier molecular flexibility index (Phi) is 4.81. The summed E-state index contributed by atoms with van der Waals surface area (Å²) >= 11 is 7.04. The van der Waals surface area contributed by atoms with Gasteiger partial charge in [-0.25, -0.2) is 19.7 Å². The number of nitrogens with zero attached hydrogens (tertiary/aromatic N) is 6. The van der Waals surface area contributed by atoms with E-state index in [0.717, 1.165) is 11.8 Å². The second-order valence-electron chi connectivity index (χ2n) is 6.05. The van der Waals surface area contributed by atoms with Crippen molar-refractivity contribution in [2.24, 2.45) is 0 Å². The van der Waals surface area contributed by atoms with Crippen LogP contribution in [-0.2, 0) is 5.41 Å². The minimum atomic E-state index is -0.302. The van der Waals surface area contributed by atoms with Crippen LogP contribution >= 0.6 is 23.4 Å². The van der Waals surface area contributed by atoms with Gasteiger partial charge in [-0.15, -0.1) is 5.10 Å². The lowest BCUT2D eigenvalue weighted by molar-refractivity contribution is 0.213. The molecule has 2 N–H and O–H groups in total. The average Bonchev–Trinajstić information content (AvgIpc) is 2.80. The molecule has 0 saturated heterocycles. The molecule has 0 fully saturated rings. The molecule has 0 aliphatic carbocycles. The third kappa shape index (κ3) is 4.11. The van der Waals surface area contributed by atoms with Crippen LogP contribution in [-0.4, -0.2) is 49.8 Å². The van der Waals surface area contributed by atoms with E-state index < -0.39 is 0 Å². The number of halogens is 1. The van der Waals surface area contributed by atoms with Crippen LogP contribution < -0.4 is 5.73 Å². The highest BCUT2D eigenvalue weighted by molar-refractivity contribution is 7.99. The first kappa shape index (κ1) is 17.5. The molecule has 0 spiro atoms. The third-order valence-corrected chi connectivity index (χ3v) is 3.76. The molecular formula is C13H18ClN7OS. The van der Waals surface area contributed by atoms with Crippen molar-refractivity contribution in [3.8, 4) is 0 Å². The monoisotopic (exact) mass is 355 g/mol. The molecular weight excluding hydrogens is 338 g/mol. The third-order valence-electron chi connectivity index (χ3n) is 2.70. The number of rotatable bonds is 2. The minimum Gasteiger partial charge on any atom is -0.368 e. The molecule has 0 aliphatic rings. The standard InChI is InChI=1S/C13H18ClN7OS/c1-13(2,3)9-18-11(21(19-9)12(22)20(4)5)23-8-6-7(14)16-10(15)17-8/h6H,1-5H3,(H2,15,16,17). The van der Waals surface area contributed by atoms with Gasteiger partial charge < -0.3 is 10.6 Å². The Bertz CT molecular complexity index is 718. The minimum absolute atomic E-state index is 0.0565. The first-order chi connectivity index (χ1) is 10.6. The predicted octanol–water partition coefficient (Wildman–Crippen LogP) is 2.28. The van der Waals surface area contributed by atoms with Crippen LogP contribution in [0.25, 0.3) is 0 Å². The summed E-state index contributed by atoms with van der Waals surface area (Å²) in [6, 6.07) is 1.25. The molecule has 0 radical (unpaired) electrons. The number of carbonyl (C=O) groups is 1. The van der Waals surface area contributed by atoms with Gasteiger partial charge in [0.05, 0.1) is 0 Å². The molecule has 124 valence electrons. The fourth-order valence-electron chi connectivity index (χ4n) is 1.56. The summed E-state index contributed by atoms with van der Waals surface area (Å²) in [5.74, 6) is 0.615. The van der Waals surface area contributed by atoms with Gasteiger partial charge in [-0.1, -0.05) is 32.4 Å². The largest absolute Gasteiger partial charge is 0.368 e. The molecule has 0 bridgehead atoms. The van der Waals surface area contributed by atoms with Gasteiger partial charge in [-0.05, 0) is 11.8 Å². The zero-order valence-electron chi connectivity index (χ0n) is 13.5. The van der Waals surface area contributed by atoms with Gasteiger partial charge in [0, 0.05) is 25.6 Å². The van der Waals surface area contributed by atoms with Crippen LogP contribution in [0.4, 0.5) is 10.7 Å². The number of nitrogen functional groups attached to an aromatic ring is 1. The Hall–Kier alpha value is -1.87. The van der Waals surface area contributed by atoms with Crippen molar-refractivity contribution in [3.63, 3.8) is 0 Å². The fourth-order valence-corrected chi connectivity index (χ4v) is 2.64. The topological polar surface area (TPSA) is 103 Å². The summed E-state index contributed by atoms with van der Waals surface area (Å²) in [7, 11) is 3.30. The highest BCUT2D eigenvalue weighted by Crippen LogP contribution is 2.29. The van der Waals surface area contributed by atoms with Gasteiger partial charge in [0.1, 0.15) is 10.2 Å². The summed E-state index contributed by atoms with van der Waals surface area (Å²) in [4.78, 5) is 26.1. The van der Waals surface area contributed by atoms with Gasteiger partial charge >= 0.3 is 6.03 Å². The molecule has 2 rings (SSSR count). The molecule has 23 heavy (non-hydrogen) atoms.